The van der Waals surface area contributed by atoms with Gasteiger partial charge in [-0.05, 0) is 49.8 Å². The van der Waals surface area contributed by atoms with Gasteiger partial charge in [0.2, 0.25) is 11.8 Å². The van der Waals surface area contributed by atoms with Gasteiger partial charge in [0.25, 0.3) is 0 Å². The molecule has 4 rings (SSSR count). The van der Waals surface area contributed by atoms with Crippen LogP contribution >= 0.6 is 0 Å². The molecule has 2 amide bonds. The van der Waals surface area contributed by atoms with Crippen LogP contribution in [0.1, 0.15) is 57.6 Å². The van der Waals surface area contributed by atoms with Gasteiger partial charge < -0.3 is 15.1 Å². The van der Waals surface area contributed by atoms with Crippen molar-refractivity contribution in [3.63, 3.8) is 0 Å². The van der Waals surface area contributed by atoms with Crippen molar-refractivity contribution in [2.75, 3.05) is 37.6 Å². The van der Waals surface area contributed by atoms with Gasteiger partial charge in [0.15, 0.2) is 0 Å². The number of carbonyl (C=O) groups is 2. The third-order valence-electron chi connectivity index (χ3n) is 7.71. The Balaban J connectivity index is 1.59. The highest BCUT2D eigenvalue weighted by atomic mass is 19.4. The molecule has 0 aromatic heterocycles. The second-order valence-electron chi connectivity index (χ2n) is 11.4. The average molecular weight is 491 g/mol. The van der Waals surface area contributed by atoms with E-state index in [-0.39, 0.29) is 17.7 Å². The molecule has 35 heavy (non-hydrogen) atoms. The summed E-state index contributed by atoms with van der Waals surface area (Å²) in [4.78, 5) is 29.8. The topological polar surface area (TPSA) is 76.4 Å². The first-order valence-corrected chi connectivity index (χ1v) is 12.3. The minimum Gasteiger partial charge on any atom is -0.370 e. The van der Waals surface area contributed by atoms with E-state index in [1.54, 1.807) is 6.07 Å². The summed E-state index contributed by atoms with van der Waals surface area (Å²) in [6.45, 7) is 8.09. The van der Waals surface area contributed by atoms with Crippen molar-refractivity contribution in [1.82, 2.24) is 10.2 Å². The molecular formula is C26H33F3N4O2. The van der Waals surface area contributed by atoms with Crippen molar-refractivity contribution in [2.24, 2.45) is 22.7 Å². The zero-order valence-corrected chi connectivity index (χ0v) is 20.5. The fourth-order valence-corrected chi connectivity index (χ4v) is 5.41. The quantitative estimate of drug-likeness (QED) is 0.687. The van der Waals surface area contributed by atoms with Crippen LogP contribution in [0.3, 0.4) is 0 Å². The number of nitrogens with zero attached hydrogens (tertiary/aromatic N) is 3. The lowest BCUT2D eigenvalue weighted by molar-refractivity contribution is -0.142. The molecule has 1 spiro atoms. The van der Waals surface area contributed by atoms with E-state index in [2.05, 4.69) is 5.32 Å². The Labute approximate surface area is 204 Å². The molecule has 1 atom stereocenters. The van der Waals surface area contributed by atoms with E-state index < -0.39 is 28.1 Å². The summed E-state index contributed by atoms with van der Waals surface area (Å²) in [7, 11) is 0. The van der Waals surface area contributed by atoms with Crippen molar-refractivity contribution in [3.8, 4) is 6.07 Å². The summed E-state index contributed by atoms with van der Waals surface area (Å²) in [6.07, 6.45) is -1.18. The number of amides is 2. The lowest BCUT2D eigenvalue weighted by atomic mass is 9.70. The predicted octanol–water partition coefficient (Wildman–Crippen LogP) is 4.19. The Morgan fingerprint density at radius 3 is 2.37 bits per heavy atom. The number of alkyl halides is 3. The van der Waals surface area contributed by atoms with Gasteiger partial charge in [-0.2, -0.15) is 18.4 Å². The maximum atomic E-state index is 13.6. The molecule has 1 unspecified atom stereocenters. The average Bonchev–Trinajstić information content (AvgIpc) is 3.56. The molecule has 2 aliphatic heterocycles. The third kappa shape index (κ3) is 5.26. The van der Waals surface area contributed by atoms with Gasteiger partial charge in [-0.3, -0.25) is 9.59 Å². The van der Waals surface area contributed by atoms with E-state index in [0.717, 1.165) is 18.9 Å². The van der Waals surface area contributed by atoms with Gasteiger partial charge in [-0.15, -0.1) is 0 Å². The maximum Gasteiger partial charge on any atom is 0.417 e. The van der Waals surface area contributed by atoms with Crippen LogP contribution in [-0.2, 0) is 15.8 Å². The number of halogens is 3. The van der Waals surface area contributed by atoms with E-state index in [1.807, 2.05) is 30.6 Å². The molecule has 1 N–H and O–H groups in total. The lowest BCUT2D eigenvalue weighted by Crippen LogP contribution is -2.51. The highest BCUT2D eigenvalue weighted by molar-refractivity contribution is 5.83. The summed E-state index contributed by atoms with van der Waals surface area (Å²) in [5, 5.41) is 12.2. The Hall–Kier alpha value is -2.76. The molecule has 3 fully saturated rings. The van der Waals surface area contributed by atoms with Crippen molar-refractivity contribution in [2.45, 2.75) is 52.6 Å². The van der Waals surface area contributed by atoms with E-state index in [1.165, 1.54) is 12.1 Å². The summed E-state index contributed by atoms with van der Waals surface area (Å²) in [5.41, 5.74) is -1.93. The first kappa shape index (κ1) is 25.3. The standard InChI is InChI=1S/C26H33F3N4O2/c1-24(2,3)23(35)32-10-8-25(9-11-32)16-33(15-21(25)22(34)31-14-17-4-5-17)19-7-6-18(13-30)20(12-19)26(27,28)29/h6-7,12,17,21H,4-5,8-11,14-16H2,1-3H3,(H,31,34). The van der Waals surface area contributed by atoms with Crippen molar-refractivity contribution < 1.29 is 22.8 Å². The first-order chi connectivity index (χ1) is 16.3. The van der Waals surface area contributed by atoms with Crippen LogP contribution in [0, 0.1) is 34.0 Å². The van der Waals surface area contributed by atoms with Gasteiger partial charge in [0.1, 0.15) is 0 Å². The number of benzene rings is 1. The highest BCUT2D eigenvalue weighted by Gasteiger charge is 2.52. The number of nitriles is 1. The third-order valence-corrected chi connectivity index (χ3v) is 7.71. The molecule has 1 aliphatic carbocycles. The molecule has 2 saturated heterocycles. The molecule has 3 aliphatic rings. The minimum absolute atomic E-state index is 0.0558. The molecule has 1 saturated carbocycles. The van der Waals surface area contributed by atoms with Crippen LogP contribution in [0.15, 0.2) is 18.2 Å². The summed E-state index contributed by atoms with van der Waals surface area (Å²) in [5.74, 6) is 0.156. The SMILES string of the molecule is CC(C)(C)C(=O)N1CCC2(CC1)CN(c1ccc(C#N)c(C(F)(F)F)c1)CC2C(=O)NCC1CC1. The van der Waals surface area contributed by atoms with Gasteiger partial charge in [0, 0.05) is 49.2 Å². The smallest absolute Gasteiger partial charge is 0.370 e. The molecule has 1 aromatic carbocycles. The fraction of sp³-hybridized carbons (Fsp3) is 0.654. The zero-order valence-electron chi connectivity index (χ0n) is 20.5. The molecule has 2 heterocycles. The van der Waals surface area contributed by atoms with Gasteiger partial charge in [0.05, 0.1) is 23.1 Å². The normalized spacial score (nSPS) is 22.3. The van der Waals surface area contributed by atoms with Crippen LogP contribution in [0.25, 0.3) is 0 Å². The number of nitrogens with one attached hydrogen (secondary N) is 1. The number of hydrogen-bond donors (Lipinski definition) is 1. The molecule has 9 heteroatoms. The van der Waals surface area contributed by atoms with Crippen LogP contribution in [0.4, 0.5) is 18.9 Å². The second kappa shape index (κ2) is 9.03. The number of anilines is 1. The maximum absolute atomic E-state index is 13.6. The summed E-state index contributed by atoms with van der Waals surface area (Å²) in [6, 6.07) is 5.38. The Morgan fingerprint density at radius 2 is 1.83 bits per heavy atom. The number of piperidine rings is 1. The molecule has 0 radical (unpaired) electrons. The van der Waals surface area contributed by atoms with E-state index >= 15 is 0 Å². The van der Waals surface area contributed by atoms with Gasteiger partial charge in [-0.25, -0.2) is 0 Å². The number of rotatable bonds is 4. The molecule has 0 bridgehead atoms. The predicted molar refractivity (Wildman–Crippen MR) is 125 cm³/mol. The largest absolute Gasteiger partial charge is 0.417 e. The van der Waals surface area contributed by atoms with Crippen molar-refractivity contribution in [1.29, 1.82) is 5.26 Å². The van der Waals surface area contributed by atoms with Crippen LogP contribution < -0.4 is 10.2 Å². The number of hydrogen-bond acceptors (Lipinski definition) is 4. The monoisotopic (exact) mass is 490 g/mol. The van der Waals surface area contributed by atoms with Gasteiger partial charge >= 0.3 is 6.18 Å². The van der Waals surface area contributed by atoms with Crippen LogP contribution in [-0.4, -0.2) is 49.4 Å². The molecule has 1 aromatic rings. The highest BCUT2D eigenvalue weighted by Crippen LogP contribution is 2.47. The summed E-state index contributed by atoms with van der Waals surface area (Å²) >= 11 is 0. The Bertz CT molecular complexity index is 1030. The van der Waals surface area contributed by atoms with Crippen molar-refractivity contribution in [3.05, 3.63) is 29.3 Å². The van der Waals surface area contributed by atoms with Crippen LogP contribution in [0.2, 0.25) is 0 Å². The van der Waals surface area contributed by atoms with Gasteiger partial charge in [-0.1, -0.05) is 20.8 Å². The summed E-state index contributed by atoms with van der Waals surface area (Å²) < 4.78 is 40.7. The van der Waals surface area contributed by atoms with E-state index in [4.69, 9.17) is 5.26 Å². The van der Waals surface area contributed by atoms with E-state index in [9.17, 15) is 22.8 Å². The first-order valence-electron chi connectivity index (χ1n) is 12.3. The van der Waals surface area contributed by atoms with Crippen molar-refractivity contribution >= 4 is 17.5 Å². The number of likely N-dealkylation sites (tertiary alicyclic amines) is 1. The fourth-order valence-electron chi connectivity index (χ4n) is 5.41. The molecule has 6 nitrogen and oxygen atoms in total. The number of carbonyl (C=O) groups excluding carboxylic acids is 2. The minimum atomic E-state index is -4.64. The Morgan fingerprint density at radius 1 is 1.17 bits per heavy atom. The van der Waals surface area contributed by atoms with E-state index in [0.29, 0.717) is 57.2 Å². The second-order valence-corrected chi connectivity index (χ2v) is 11.4. The Kier molecular flexibility index (Phi) is 6.54. The molecule has 190 valence electrons. The lowest BCUT2D eigenvalue weighted by Gasteiger charge is -2.43. The zero-order chi connectivity index (χ0) is 25.6. The van der Waals surface area contributed by atoms with Crippen LogP contribution in [0.5, 0.6) is 0 Å². The molecular weight excluding hydrogens is 457 g/mol.